The largest absolute Gasteiger partial charge is 0.330 e. The van der Waals surface area contributed by atoms with Crippen LogP contribution in [0, 0.1) is 0 Å². The average Bonchev–Trinajstić information content (AvgIpc) is 2.50. The molecule has 1 aliphatic rings. The fraction of sp³-hybridized carbons (Fsp3) is 0.625. The fourth-order valence-corrected chi connectivity index (χ4v) is 1.60. The van der Waals surface area contributed by atoms with Gasteiger partial charge in [0.05, 0.1) is 18.4 Å². The third kappa shape index (κ3) is 1.23. The summed E-state index contributed by atoms with van der Waals surface area (Å²) in [5.41, 5.74) is 8.10. The summed E-state index contributed by atoms with van der Waals surface area (Å²) in [6, 6.07) is 0. The van der Waals surface area contributed by atoms with Gasteiger partial charge in [0.25, 0.3) is 0 Å². The third-order valence-corrected chi connectivity index (χ3v) is 2.24. The molecule has 3 N–H and O–H groups in total. The van der Waals surface area contributed by atoms with E-state index < -0.39 is 0 Å². The minimum absolute atomic E-state index is 0.707. The Bertz CT molecular complexity index is 266. The van der Waals surface area contributed by atoms with Gasteiger partial charge in [-0.3, -0.25) is 4.68 Å². The monoisotopic (exact) mass is 166 g/mol. The van der Waals surface area contributed by atoms with Gasteiger partial charge in [0, 0.05) is 13.1 Å². The highest BCUT2D eigenvalue weighted by Gasteiger charge is 2.12. The van der Waals surface area contributed by atoms with Crippen LogP contribution in [0.5, 0.6) is 0 Å². The van der Waals surface area contributed by atoms with E-state index in [0.29, 0.717) is 6.54 Å². The lowest BCUT2D eigenvalue weighted by molar-refractivity contribution is 0.473. The van der Waals surface area contributed by atoms with Crippen molar-refractivity contribution in [3.63, 3.8) is 0 Å². The van der Waals surface area contributed by atoms with Gasteiger partial charge >= 0.3 is 0 Å². The van der Waals surface area contributed by atoms with Gasteiger partial charge in [-0.05, 0) is 18.5 Å². The molecule has 0 fully saturated rings. The zero-order valence-corrected chi connectivity index (χ0v) is 7.08. The van der Waals surface area contributed by atoms with Crippen LogP contribution in [0.25, 0.3) is 0 Å². The molecule has 66 valence electrons. The predicted octanol–water partition coefficient (Wildman–Crippen LogP) is -0.513. The summed E-state index contributed by atoms with van der Waals surface area (Å²) in [5.74, 6) is 0. The smallest absolute Gasteiger partial charge is 0.0555 e. The first-order valence-corrected chi connectivity index (χ1v) is 4.36. The lowest BCUT2D eigenvalue weighted by Gasteiger charge is -2.15. The van der Waals surface area contributed by atoms with Crippen molar-refractivity contribution in [3.05, 3.63) is 17.5 Å². The van der Waals surface area contributed by atoms with Crippen molar-refractivity contribution in [3.8, 4) is 0 Å². The van der Waals surface area contributed by atoms with Crippen molar-refractivity contribution >= 4 is 0 Å². The topological polar surface area (TPSA) is 55.9 Å². The van der Waals surface area contributed by atoms with E-state index >= 15 is 0 Å². The van der Waals surface area contributed by atoms with Gasteiger partial charge in [-0.25, -0.2) is 0 Å². The Hall–Kier alpha value is -0.870. The van der Waals surface area contributed by atoms with Gasteiger partial charge in [-0.2, -0.15) is 5.10 Å². The second-order valence-corrected chi connectivity index (χ2v) is 3.06. The number of nitrogens with one attached hydrogen (secondary N) is 1. The Labute approximate surface area is 71.7 Å². The van der Waals surface area contributed by atoms with Gasteiger partial charge < -0.3 is 11.1 Å². The van der Waals surface area contributed by atoms with E-state index in [1.807, 2.05) is 6.20 Å². The van der Waals surface area contributed by atoms with Crippen molar-refractivity contribution in [1.29, 1.82) is 0 Å². The van der Waals surface area contributed by atoms with Crippen molar-refractivity contribution < 1.29 is 0 Å². The molecular formula is C8H14N4. The van der Waals surface area contributed by atoms with Gasteiger partial charge in [-0.15, -0.1) is 0 Å². The Morgan fingerprint density at radius 1 is 1.67 bits per heavy atom. The van der Waals surface area contributed by atoms with Crippen LogP contribution in [0.1, 0.15) is 11.3 Å². The number of hydrogen-bond acceptors (Lipinski definition) is 3. The minimum Gasteiger partial charge on any atom is -0.330 e. The van der Waals surface area contributed by atoms with Crippen LogP contribution in [0.4, 0.5) is 0 Å². The van der Waals surface area contributed by atoms with Crippen LogP contribution >= 0.6 is 0 Å². The number of aromatic nitrogens is 2. The van der Waals surface area contributed by atoms with Gasteiger partial charge in [0.2, 0.25) is 0 Å². The molecule has 1 aromatic rings. The molecule has 4 nitrogen and oxygen atoms in total. The summed E-state index contributed by atoms with van der Waals surface area (Å²) in [4.78, 5) is 0. The standard InChI is InChI=1S/C8H14N4/c9-2-1-7-5-11-12-4-3-10-6-8(7)12/h5,10H,1-4,6,9H2. The summed E-state index contributed by atoms with van der Waals surface area (Å²) in [6.45, 7) is 3.66. The zero-order valence-electron chi connectivity index (χ0n) is 7.08. The van der Waals surface area contributed by atoms with E-state index in [9.17, 15) is 0 Å². The summed E-state index contributed by atoms with van der Waals surface area (Å²) in [5, 5.41) is 7.62. The van der Waals surface area contributed by atoms with Crippen molar-refractivity contribution in [2.24, 2.45) is 5.73 Å². The maximum absolute atomic E-state index is 5.50. The molecule has 12 heavy (non-hydrogen) atoms. The highest BCUT2D eigenvalue weighted by atomic mass is 15.3. The second kappa shape index (κ2) is 3.25. The SMILES string of the molecule is NCCc1cnn2c1CNCC2. The van der Waals surface area contributed by atoms with Crippen LogP contribution in [0.15, 0.2) is 6.20 Å². The highest BCUT2D eigenvalue weighted by Crippen LogP contribution is 2.11. The maximum Gasteiger partial charge on any atom is 0.0555 e. The molecule has 0 aliphatic carbocycles. The first-order valence-electron chi connectivity index (χ1n) is 4.36. The number of nitrogens with two attached hydrogens (primary N) is 1. The molecule has 0 amide bonds. The van der Waals surface area contributed by atoms with Crippen molar-refractivity contribution in [1.82, 2.24) is 15.1 Å². The zero-order chi connectivity index (χ0) is 8.39. The van der Waals surface area contributed by atoms with Crippen LogP contribution < -0.4 is 11.1 Å². The average molecular weight is 166 g/mol. The molecule has 2 heterocycles. The van der Waals surface area contributed by atoms with E-state index in [-0.39, 0.29) is 0 Å². The molecular weight excluding hydrogens is 152 g/mol. The summed E-state index contributed by atoms with van der Waals surface area (Å²) < 4.78 is 2.07. The Morgan fingerprint density at radius 2 is 2.58 bits per heavy atom. The van der Waals surface area contributed by atoms with Crippen LogP contribution in [0.2, 0.25) is 0 Å². The fourth-order valence-electron chi connectivity index (χ4n) is 1.60. The Morgan fingerprint density at radius 3 is 3.42 bits per heavy atom. The lowest BCUT2D eigenvalue weighted by atomic mass is 10.1. The van der Waals surface area contributed by atoms with Crippen molar-refractivity contribution in [2.75, 3.05) is 13.1 Å². The summed E-state index contributed by atoms with van der Waals surface area (Å²) in [6.07, 6.45) is 2.88. The van der Waals surface area contributed by atoms with Gasteiger partial charge in [0.1, 0.15) is 0 Å². The lowest BCUT2D eigenvalue weighted by Crippen LogP contribution is -2.29. The molecule has 1 aromatic heterocycles. The summed E-state index contributed by atoms with van der Waals surface area (Å²) >= 11 is 0. The third-order valence-electron chi connectivity index (χ3n) is 2.24. The molecule has 4 heteroatoms. The second-order valence-electron chi connectivity index (χ2n) is 3.06. The first-order chi connectivity index (χ1) is 5.92. The van der Waals surface area contributed by atoms with E-state index in [2.05, 4.69) is 15.1 Å². The van der Waals surface area contributed by atoms with Crippen LogP contribution in [-0.2, 0) is 19.5 Å². The maximum atomic E-state index is 5.50. The highest BCUT2D eigenvalue weighted by molar-refractivity contribution is 5.19. The Balaban J connectivity index is 2.25. The number of fused-ring (bicyclic) bond motifs is 1. The van der Waals surface area contributed by atoms with Crippen LogP contribution in [-0.4, -0.2) is 22.9 Å². The van der Waals surface area contributed by atoms with Gasteiger partial charge in [0.15, 0.2) is 0 Å². The number of nitrogens with zero attached hydrogens (tertiary/aromatic N) is 2. The number of rotatable bonds is 2. The quantitative estimate of drug-likeness (QED) is 0.622. The first kappa shape index (κ1) is 7.76. The van der Waals surface area contributed by atoms with E-state index in [1.54, 1.807) is 0 Å². The van der Waals surface area contributed by atoms with E-state index in [0.717, 1.165) is 26.1 Å². The minimum atomic E-state index is 0.707. The molecule has 0 saturated carbocycles. The molecule has 0 bridgehead atoms. The van der Waals surface area contributed by atoms with E-state index in [1.165, 1.54) is 11.3 Å². The van der Waals surface area contributed by atoms with E-state index in [4.69, 9.17) is 5.73 Å². The predicted molar refractivity (Wildman–Crippen MR) is 46.7 cm³/mol. The molecule has 0 aromatic carbocycles. The molecule has 0 unspecified atom stereocenters. The van der Waals surface area contributed by atoms with Crippen LogP contribution in [0.3, 0.4) is 0 Å². The van der Waals surface area contributed by atoms with Crippen molar-refractivity contribution in [2.45, 2.75) is 19.5 Å². The van der Waals surface area contributed by atoms with Gasteiger partial charge in [-0.1, -0.05) is 0 Å². The Kier molecular flexibility index (Phi) is 2.10. The molecule has 0 atom stereocenters. The normalized spacial score (nSPS) is 16.1. The summed E-state index contributed by atoms with van der Waals surface area (Å²) in [7, 11) is 0. The molecule has 0 spiro atoms. The molecule has 1 aliphatic heterocycles. The number of hydrogen-bond donors (Lipinski definition) is 2. The molecule has 2 rings (SSSR count). The molecule has 0 saturated heterocycles. The molecule has 0 radical (unpaired) electrons.